The van der Waals surface area contributed by atoms with Crippen LogP contribution in [0.2, 0.25) is 0 Å². The van der Waals surface area contributed by atoms with Gasteiger partial charge < -0.3 is 15.4 Å². The van der Waals surface area contributed by atoms with Crippen LogP contribution in [0.4, 0.5) is 4.39 Å². The zero-order valence-corrected chi connectivity index (χ0v) is 14.2. The molecule has 1 amide bonds. The van der Waals surface area contributed by atoms with Crippen molar-refractivity contribution in [2.24, 2.45) is 17.1 Å². The molecular formula is C17H24ClFN2O2. The molecule has 1 fully saturated rings. The summed E-state index contributed by atoms with van der Waals surface area (Å²) in [6.45, 7) is 4.71. The molecule has 2 aliphatic heterocycles. The zero-order chi connectivity index (χ0) is 15.7. The molecule has 128 valence electrons. The lowest BCUT2D eigenvalue weighted by atomic mass is 9.80. The molecule has 0 radical (unpaired) electrons. The second-order valence-corrected chi connectivity index (χ2v) is 6.80. The first-order valence-corrected chi connectivity index (χ1v) is 7.91. The largest absolute Gasteiger partial charge is 0.492 e. The average molecular weight is 343 g/mol. The SMILES string of the molecule is CC1(CN)CCN(C(=O)[C@@H]2COc3cc(F)ccc3C2)CC1.Cl. The molecule has 0 spiro atoms. The van der Waals surface area contributed by atoms with E-state index in [0.717, 1.165) is 31.5 Å². The van der Waals surface area contributed by atoms with Gasteiger partial charge in [0.1, 0.15) is 18.2 Å². The molecule has 6 heteroatoms. The van der Waals surface area contributed by atoms with Crippen LogP contribution < -0.4 is 10.5 Å². The Morgan fingerprint density at radius 2 is 2.13 bits per heavy atom. The minimum absolute atomic E-state index is 0. The van der Waals surface area contributed by atoms with Crippen LogP contribution in [0.15, 0.2) is 18.2 Å². The van der Waals surface area contributed by atoms with Crippen LogP contribution in [0.5, 0.6) is 5.75 Å². The van der Waals surface area contributed by atoms with Gasteiger partial charge >= 0.3 is 0 Å². The Kier molecular flexibility index (Phi) is 5.53. The van der Waals surface area contributed by atoms with E-state index in [1.807, 2.05) is 4.90 Å². The number of likely N-dealkylation sites (tertiary alicyclic amines) is 1. The van der Waals surface area contributed by atoms with E-state index in [2.05, 4.69) is 6.92 Å². The van der Waals surface area contributed by atoms with Crippen molar-refractivity contribution in [1.82, 2.24) is 4.90 Å². The van der Waals surface area contributed by atoms with Gasteiger partial charge in [-0.25, -0.2) is 4.39 Å². The van der Waals surface area contributed by atoms with E-state index in [4.69, 9.17) is 10.5 Å². The third-order valence-corrected chi connectivity index (χ3v) is 5.06. The van der Waals surface area contributed by atoms with Crippen LogP contribution in [0, 0.1) is 17.2 Å². The number of ether oxygens (including phenoxy) is 1. The molecule has 1 atom stereocenters. The third-order valence-electron chi connectivity index (χ3n) is 5.06. The van der Waals surface area contributed by atoms with Crippen molar-refractivity contribution in [3.05, 3.63) is 29.6 Å². The van der Waals surface area contributed by atoms with Gasteiger partial charge in [-0.3, -0.25) is 4.79 Å². The summed E-state index contributed by atoms with van der Waals surface area (Å²) in [5.41, 5.74) is 6.88. The van der Waals surface area contributed by atoms with E-state index in [9.17, 15) is 9.18 Å². The molecule has 0 bridgehead atoms. The van der Waals surface area contributed by atoms with Gasteiger partial charge in [-0.05, 0) is 42.9 Å². The van der Waals surface area contributed by atoms with Crippen molar-refractivity contribution < 1.29 is 13.9 Å². The molecule has 1 aromatic rings. The van der Waals surface area contributed by atoms with Crippen molar-refractivity contribution in [3.8, 4) is 5.75 Å². The molecule has 2 heterocycles. The summed E-state index contributed by atoms with van der Waals surface area (Å²) in [5, 5.41) is 0. The lowest BCUT2D eigenvalue weighted by Gasteiger charge is -2.40. The van der Waals surface area contributed by atoms with Crippen molar-refractivity contribution in [2.75, 3.05) is 26.2 Å². The van der Waals surface area contributed by atoms with Gasteiger partial charge in [-0.2, -0.15) is 0 Å². The quantitative estimate of drug-likeness (QED) is 0.897. The highest BCUT2D eigenvalue weighted by Crippen LogP contribution is 2.32. The maximum Gasteiger partial charge on any atom is 0.229 e. The van der Waals surface area contributed by atoms with Crippen LogP contribution in [0.1, 0.15) is 25.3 Å². The first-order chi connectivity index (χ1) is 10.5. The van der Waals surface area contributed by atoms with E-state index < -0.39 is 0 Å². The molecule has 1 aromatic carbocycles. The lowest BCUT2D eigenvalue weighted by molar-refractivity contribution is -0.139. The highest BCUT2D eigenvalue weighted by atomic mass is 35.5. The topological polar surface area (TPSA) is 55.6 Å². The third kappa shape index (κ3) is 3.78. The number of piperidine rings is 1. The highest BCUT2D eigenvalue weighted by Gasteiger charge is 2.35. The Balaban J connectivity index is 0.00000192. The number of fused-ring (bicyclic) bond motifs is 1. The number of amides is 1. The molecule has 0 aromatic heterocycles. The number of benzene rings is 1. The van der Waals surface area contributed by atoms with Crippen LogP contribution in [0.25, 0.3) is 0 Å². The molecule has 0 aliphatic carbocycles. The molecule has 2 N–H and O–H groups in total. The van der Waals surface area contributed by atoms with Gasteiger partial charge in [0, 0.05) is 19.2 Å². The normalized spacial score (nSPS) is 22.6. The number of hydrogen-bond acceptors (Lipinski definition) is 3. The Hall–Kier alpha value is -1.33. The van der Waals surface area contributed by atoms with E-state index in [1.165, 1.54) is 12.1 Å². The Bertz CT molecular complexity index is 574. The molecule has 1 saturated heterocycles. The van der Waals surface area contributed by atoms with Crippen molar-refractivity contribution >= 4 is 18.3 Å². The summed E-state index contributed by atoms with van der Waals surface area (Å²) in [4.78, 5) is 14.6. The van der Waals surface area contributed by atoms with Gasteiger partial charge in [-0.1, -0.05) is 13.0 Å². The lowest BCUT2D eigenvalue weighted by Crippen LogP contribution is -2.48. The van der Waals surface area contributed by atoms with Gasteiger partial charge in [0.05, 0.1) is 5.92 Å². The monoisotopic (exact) mass is 342 g/mol. The summed E-state index contributed by atoms with van der Waals surface area (Å²) in [5.74, 6) is 0.244. The van der Waals surface area contributed by atoms with Crippen LogP contribution in [-0.4, -0.2) is 37.0 Å². The maximum atomic E-state index is 13.2. The molecule has 0 unspecified atom stereocenters. The van der Waals surface area contributed by atoms with E-state index in [-0.39, 0.29) is 35.5 Å². The molecule has 4 nitrogen and oxygen atoms in total. The van der Waals surface area contributed by atoms with Crippen LogP contribution in [-0.2, 0) is 11.2 Å². The molecule has 0 saturated carbocycles. The number of nitrogens with zero attached hydrogens (tertiary/aromatic N) is 1. The van der Waals surface area contributed by atoms with Crippen molar-refractivity contribution in [2.45, 2.75) is 26.2 Å². The maximum absolute atomic E-state index is 13.2. The second-order valence-electron chi connectivity index (χ2n) is 6.80. The van der Waals surface area contributed by atoms with Crippen LogP contribution >= 0.6 is 12.4 Å². The molecule has 23 heavy (non-hydrogen) atoms. The Morgan fingerprint density at radius 1 is 1.43 bits per heavy atom. The van der Waals surface area contributed by atoms with E-state index in [1.54, 1.807) is 6.07 Å². The number of nitrogens with two attached hydrogens (primary N) is 1. The fourth-order valence-electron chi connectivity index (χ4n) is 3.23. The summed E-state index contributed by atoms with van der Waals surface area (Å²) >= 11 is 0. The zero-order valence-electron chi connectivity index (χ0n) is 13.4. The number of rotatable bonds is 2. The molecule has 3 rings (SSSR count). The number of carbonyl (C=O) groups is 1. The predicted octanol–water partition coefficient (Wildman–Crippen LogP) is 2.39. The Morgan fingerprint density at radius 3 is 2.78 bits per heavy atom. The second kappa shape index (κ2) is 7.05. The van der Waals surface area contributed by atoms with Gasteiger partial charge in [0.2, 0.25) is 5.91 Å². The summed E-state index contributed by atoms with van der Waals surface area (Å²) in [6, 6.07) is 4.53. The fraction of sp³-hybridized carbons (Fsp3) is 0.588. The summed E-state index contributed by atoms with van der Waals surface area (Å²) in [7, 11) is 0. The first-order valence-electron chi connectivity index (χ1n) is 7.91. The molecule has 2 aliphatic rings. The van der Waals surface area contributed by atoms with Crippen molar-refractivity contribution in [3.63, 3.8) is 0 Å². The number of carbonyl (C=O) groups excluding carboxylic acids is 1. The van der Waals surface area contributed by atoms with Gasteiger partial charge in [0.15, 0.2) is 0 Å². The standard InChI is InChI=1S/C17H23FN2O2.ClH/c1-17(11-19)4-6-20(7-5-17)16(21)13-8-12-2-3-14(18)9-15(12)22-10-13;/h2-3,9,13H,4-8,10-11,19H2,1H3;1H/t13-;/m0./s1. The fourth-order valence-corrected chi connectivity index (χ4v) is 3.23. The van der Waals surface area contributed by atoms with E-state index >= 15 is 0 Å². The van der Waals surface area contributed by atoms with Crippen molar-refractivity contribution in [1.29, 1.82) is 0 Å². The summed E-state index contributed by atoms with van der Waals surface area (Å²) < 4.78 is 18.8. The average Bonchev–Trinajstić information content (AvgIpc) is 2.54. The Labute approximate surface area is 142 Å². The highest BCUT2D eigenvalue weighted by molar-refractivity contribution is 5.85. The van der Waals surface area contributed by atoms with Crippen LogP contribution in [0.3, 0.4) is 0 Å². The minimum atomic E-state index is -0.305. The first kappa shape index (κ1) is 18.0. The predicted molar refractivity (Wildman–Crippen MR) is 89.3 cm³/mol. The van der Waals surface area contributed by atoms with Gasteiger partial charge in [-0.15, -0.1) is 12.4 Å². The minimum Gasteiger partial charge on any atom is -0.492 e. The summed E-state index contributed by atoms with van der Waals surface area (Å²) in [6.07, 6.45) is 2.52. The van der Waals surface area contributed by atoms with Gasteiger partial charge in [0.25, 0.3) is 0 Å². The number of halogens is 2. The smallest absolute Gasteiger partial charge is 0.229 e. The number of hydrogen-bond donors (Lipinski definition) is 1. The molecular weight excluding hydrogens is 319 g/mol. The van der Waals surface area contributed by atoms with E-state index in [0.29, 0.717) is 25.3 Å².